The molecule has 13 heteroatoms. The molecule has 9 nitrogen and oxygen atoms in total. The van der Waals surface area contributed by atoms with E-state index >= 15 is 0 Å². The van der Waals surface area contributed by atoms with Crippen LogP contribution in [0.25, 0.3) is 11.3 Å². The van der Waals surface area contributed by atoms with Gasteiger partial charge in [0, 0.05) is 24.2 Å². The number of anilines is 1. The van der Waals surface area contributed by atoms with Crippen LogP contribution in [0.5, 0.6) is 5.75 Å². The summed E-state index contributed by atoms with van der Waals surface area (Å²) in [6, 6.07) is 16.3. The molecule has 2 aromatic carbocycles. The summed E-state index contributed by atoms with van der Waals surface area (Å²) in [5.41, 5.74) is 0.693. The van der Waals surface area contributed by atoms with E-state index in [1.165, 1.54) is 19.2 Å². The summed E-state index contributed by atoms with van der Waals surface area (Å²) in [7, 11) is -3.02. The van der Waals surface area contributed by atoms with E-state index in [4.69, 9.17) is 4.74 Å². The maximum absolute atomic E-state index is 13.6. The summed E-state index contributed by atoms with van der Waals surface area (Å²) in [6.45, 7) is 2.49. The third-order valence-corrected chi connectivity index (χ3v) is 7.54. The van der Waals surface area contributed by atoms with Gasteiger partial charge in [-0.3, -0.25) is 9.48 Å². The Morgan fingerprint density at radius 2 is 1.77 bits per heavy atom. The van der Waals surface area contributed by atoms with Crippen LogP contribution >= 0.6 is 0 Å². The van der Waals surface area contributed by atoms with Crippen molar-refractivity contribution in [2.24, 2.45) is 0 Å². The molecule has 0 radical (unpaired) electrons. The van der Waals surface area contributed by atoms with Crippen LogP contribution in [0.15, 0.2) is 72.0 Å². The molecule has 1 N–H and O–H groups in total. The molecule has 2 aromatic heterocycles. The number of alkyl halides is 3. The highest BCUT2D eigenvalue weighted by molar-refractivity contribution is 7.91. The number of methoxy groups -OCH3 is 1. The Hall–Kier alpha value is -4.26. The van der Waals surface area contributed by atoms with E-state index < -0.39 is 38.5 Å². The second kappa shape index (κ2) is 11.9. The monoisotopic (exact) mass is 573 g/mol. The molecule has 1 amide bonds. The zero-order valence-electron chi connectivity index (χ0n) is 21.6. The van der Waals surface area contributed by atoms with Crippen molar-refractivity contribution in [2.45, 2.75) is 37.6 Å². The fraction of sp³-hybridized carbons (Fsp3) is 0.259. The summed E-state index contributed by atoms with van der Waals surface area (Å²) in [6.07, 6.45) is -3.58. The number of rotatable bonds is 10. The molecule has 4 rings (SSSR count). The number of carbonyl (C=O) groups excluding carboxylic acids is 1. The summed E-state index contributed by atoms with van der Waals surface area (Å²) in [5, 5.41) is 5.93. The van der Waals surface area contributed by atoms with Crippen LogP contribution in [0.2, 0.25) is 0 Å². The lowest BCUT2D eigenvalue weighted by molar-refractivity contribution is -0.141. The molecule has 0 aliphatic rings. The second-order valence-electron chi connectivity index (χ2n) is 8.91. The van der Waals surface area contributed by atoms with Gasteiger partial charge >= 0.3 is 6.18 Å². The Kier molecular flexibility index (Phi) is 8.52. The summed E-state index contributed by atoms with van der Waals surface area (Å²) >= 11 is 0. The van der Waals surface area contributed by atoms with Crippen molar-refractivity contribution >= 4 is 21.6 Å². The lowest BCUT2D eigenvalue weighted by Crippen LogP contribution is -2.18. The minimum Gasteiger partial charge on any atom is -0.496 e. The van der Waals surface area contributed by atoms with Gasteiger partial charge in [-0.05, 0) is 42.7 Å². The van der Waals surface area contributed by atoms with Gasteiger partial charge in [0.15, 0.2) is 5.82 Å². The highest BCUT2D eigenvalue weighted by atomic mass is 32.2. The van der Waals surface area contributed by atoms with Gasteiger partial charge in [0.2, 0.25) is 20.9 Å². The van der Waals surface area contributed by atoms with Crippen molar-refractivity contribution < 1.29 is 31.1 Å². The summed E-state index contributed by atoms with van der Waals surface area (Å²) in [4.78, 5) is 19.6. The van der Waals surface area contributed by atoms with Crippen LogP contribution in [-0.4, -0.2) is 46.9 Å². The molecule has 0 unspecified atom stereocenters. The third-order valence-electron chi connectivity index (χ3n) is 5.98. The van der Waals surface area contributed by atoms with Crippen molar-refractivity contribution in [1.82, 2.24) is 19.7 Å². The normalized spacial score (nSPS) is 11.8. The van der Waals surface area contributed by atoms with E-state index in [0.717, 1.165) is 11.1 Å². The van der Waals surface area contributed by atoms with Gasteiger partial charge in [-0.15, -0.1) is 0 Å². The number of nitrogens with one attached hydrogen (secondary N) is 1. The van der Waals surface area contributed by atoms with E-state index in [-0.39, 0.29) is 29.8 Å². The number of benzene rings is 2. The molecule has 2 heterocycles. The van der Waals surface area contributed by atoms with E-state index in [9.17, 15) is 26.4 Å². The van der Waals surface area contributed by atoms with Gasteiger partial charge in [0.25, 0.3) is 0 Å². The molecule has 0 saturated carbocycles. The van der Waals surface area contributed by atoms with E-state index in [1.54, 1.807) is 29.1 Å². The number of carbonyl (C=O) groups is 1. The molecule has 0 aliphatic carbocycles. The van der Waals surface area contributed by atoms with E-state index in [1.807, 2.05) is 31.2 Å². The minimum atomic E-state index is -4.91. The van der Waals surface area contributed by atoms with Crippen LogP contribution in [0, 0.1) is 6.92 Å². The molecule has 0 spiro atoms. The van der Waals surface area contributed by atoms with Crippen molar-refractivity contribution in [3.63, 3.8) is 0 Å². The number of hydrogen-bond donors (Lipinski definition) is 1. The first-order valence-corrected chi connectivity index (χ1v) is 13.8. The van der Waals surface area contributed by atoms with Crippen molar-refractivity contribution in [1.29, 1.82) is 0 Å². The highest BCUT2D eigenvalue weighted by Crippen LogP contribution is 2.34. The number of sulfone groups is 1. The third kappa shape index (κ3) is 7.03. The fourth-order valence-corrected chi connectivity index (χ4v) is 5.08. The molecular weight excluding hydrogens is 547 g/mol. The number of aromatic nitrogens is 4. The molecule has 0 fully saturated rings. The highest BCUT2D eigenvalue weighted by Gasteiger charge is 2.35. The summed E-state index contributed by atoms with van der Waals surface area (Å²) in [5.74, 6) is -0.606. The molecule has 0 bridgehead atoms. The van der Waals surface area contributed by atoms with Crippen LogP contribution in [0.4, 0.5) is 19.0 Å². The fourth-order valence-electron chi connectivity index (χ4n) is 3.90. The van der Waals surface area contributed by atoms with Crippen molar-refractivity contribution in [3.05, 3.63) is 83.7 Å². The Morgan fingerprint density at radius 3 is 2.50 bits per heavy atom. The first-order chi connectivity index (χ1) is 19.0. The molecular formula is C27H26F3N5O4S. The van der Waals surface area contributed by atoms with Gasteiger partial charge in [0.1, 0.15) is 11.4 Å². The van der Waals surface area contributed by atoms with Crippen LogP contribution in [0.1, 0.15) is 29.7 Å². The maximum Gasteiger partial charge on any atom is 0.433 e. The predicted octanol–water partition coefficient (Wildman–Crippen LogP) is 4.92. The average molecular weight is 574 g/mol. The van der Waals surface area contributed by atoms with E-state index in [2.05, 4.69) is 20.4 Å². The molecule has 40 heavy (non-hydrogen) atoms. The van der Waals surface area contributed by atoms with Gasteiger partial charge in [-0.25, -0.2) is 18.4 Å². The number of hydrogen-bond acceptors (Lipinski definition) is 7. The Labute approximate surface area is 229 Å². The Bertz CT molecular complexity index is 1620. The lowest BCUT2D eigenvalue weighted by Gasteiger charge is -2.13. The topological polar surface area (TPSA) is 116 Å². The maximum atomic E-state index is 13.6. The standard InChI is InChI=1S/C27H26F3N5O4S/c1-18-8-3-4-9-19(18)17-35-14-13-24(34-35)33-25(36)12-7-15-40(37,38)26-31-21(16-23(32-26)27(28,29)30)20-10-5-6-11-22(20)39-2/h3-6,8-11,13-14,16H,7,12,15,17H2,1-2H3,(H,33,34,36). The largest absolute Gasteiger partial charge is 0.496 e. The zero-order chi connectivity index (χ0) is 28.9. The van der Waals surface area contributed by atoms with Crippen molar-refractivity contribution in [3.8, 4) is 17.0 Å². The number of nitrogens with zero attached hydrogens (tertiary/aromatic N) is 4. The lowest BCUT2D eigenvalue weighted by atomic mass is 10.1. The van der Waals surface area contributed by atoms with Crippen LogP contribution in [0.3, 0.4) is 0 Å². The van der Waals surface area contributed by atoms with Crippen LogP contribution < -0.4 is 10.1 Å². The average Bonchev–Trinajstić information content (AvgIpc) is 3.35. The second-order valence-corrected chi connectivity index (χ2v) is 10.9. The van der Waals surface area contributed by atoms with Gasteiger partial charge < -0.3 is 10.1 Å². The molecule has 0 atom stereocenters. The number of amides is 1. The number of para-hydroxylation sites is 1. The smallest absolute Gasteiger partial charge is 0.433 e. The quantitative estimate of drug-likeness (QED) is 0.268. The minimum absolute atomic E-state index is 0.165. The SMILES string of the molecule is COc1ccccc1-c1cc(C(F)(F)F)nc(S(=O)(=O)CCCC(=O)Nc2ccn(Cc3ccccc3C)n2)n1. The Morgan fingerprint density at radius 1 is 1.05 bits per heavy atom. The van der Waals surface area contributed by atoms with Gasteiger partial charge in [-0.1, -0.05) is 36.4 Å². The number of ether oxygens (including phenoxy) is 1. The van der Waals surface area contributed by atoms with Crippen molar-refractivity contribution in [2.75, 3.05) is 18.2 Å². The Balaban J connectivity index is 1.43. The van der Waals surface area contributed by atoms with Gasteiger partial charge in [0.05, 0.1) is 25.1 Å². The summed E-state index contributed by atoms with van der Waals surface area (Å²) < 4.78 is 73.4. The molecule has 0 aliphatic heterocycles. The first kappa shape index (κ1) is 28.7. The van der Waals surface area contributed by atoms with Gasteiger partial charge in [-0.2, -0.15) is 18.3 Å². The molecule has 0 saturated heterocycles. The molecule has 4 aromatic rings. The zero-order valence-corrected chi connectivity index (χ0v) is 22.5. The van der Waals surface area contributed by atoms with E-state index in [0.29, 0.717) is 18.4 Å². The predicted molar refractivity (Wildman–Crippen MR) is 141 cm³/mol. The van der Waals surface area contributed by atoms with Crippen LogP contribution in [-0.2, 0) is 27.4 Å². The number of halogens is 3. The first-order valence-electron chi connectivity index (χ1n) is 12.2. The molecule has 210 valence electrons. The number of aryl methyl sites for hydroxylation is 1.